The Bertz CT molecular complexity index is 2070. The third-order valence-corrected chi connectivity index (χ3v) is 10.1. The van der Waals surface area contributed by atoms with E-state index in [9.17, 15) is 32.4 Å². The molecular formula is C34H34ClF4N7O3. The van der Waals surface area contributed by atoms with Crippen LogP contribution in [0.3, 0.4) is 0 Å². The van der Waals surface area contributed by atoms with E-state index in [2.05, 4.69) is 21.4 Å². The molecule has 5 heterocycles. The van der Waals surface area contributed by atoms with Crippen LogP contribution in [0.2, 0.25) is 5.02 Å². The summed E-state index contributed by atoms with van der Waals surface area (Å²) in [7, 11) is 1.98. The van der Waals surface area contributed by atoms with Gasteiger partial charge < -0.3 is 14.2 Å². The Morgan fingerprint density at radius 3 is 2.65 bits per heavy atom. The molecule has 1 amide bonds. The Kier molecular flexibility index (Phi) is 9.19. The number of halogens is 5. The molecule has 0 unspecified atom stereocenters. The van der Waals surface area contributed by atoms with Gasteiger partial charge in [-0.1, -0.05) is 24.2 Å². The molecule has 49 heavy (non-hydrogen) atoms. The second-order valence-corrected chi connectivity index (χ2v) is 13.1. The van der Waals surface area contributed by atoms with Gasteiger partial charge in [0.25, 0.3) is 11.5 Å². The topological polar surface area (TPSA) is 109 Å². The number of carbonyl (C=O) groups excluding carboxylic acids is 1. The van der Waals surface area contributed by atoms with Gasteiger partial charge in [-0.05, 0) is 76.9 Å². The van der Waals surface area contributed by atoms with Crippen LogP contribution in [-0.4, -0.2) is 73.1 Å². The average Bonchev–Trinajstić information content (AvgIpc) is 3.69. The minimum Gasteiger partial charge on any atom is -0.471 e. The van der Waals surface area contributed by atoms with Crippen LogP contribution in [0.5, 0.6) is 5.88 Å². The van der Waals surface area contributed by atoms with Gasteiger partial charge in [0.1, 0.15) is 17.3 Å². The number of pyridine rings is 2. The fourth-order valence-corrected chi connectivity index (χ4v) is 7.43. The van der Waals surface area contributed by atoms with E-state index in [0.717, 1.165) is 25.5 Å². The molecule has 15 heteroatoms. The van der Waals surface area contributed by atoms with Crippen LogP contribution in [0.25, 0.3) is 27.6 Å². The number of hydrogen-bond donors (Lipinski definition) is 0. The molecule has 258 valence electrons. The van der Waals surface area contributed by atoms with Crippen molar-refractivity contribution in [1.29, 1.82) is 5.26 Å². The zero-order valence-corrected chi connectivity index (χ0v) is 27.9. The van der Waals surface area contributed by atoms with E-state index >= 15 is 0 Å². The molecule has 0 bridgehead atoms. The number of nitrogens with zero attached hydrogens (tertiary/aromatic N) is 7. The number of carbonyl (C=O) groups is 1. The summed E-state index contributed by atoms with van der Waals surface area (Å²) >= 11 is 6.29. The predicted octanol–water partition coefficient (Wildman–Crippen LogP) is 6.51. The fraction of sp³-hybridized carbons (Fsp3) is 0.441. The van der Waals surface area contributed by atoms with Gasteiger partial charge in [-0.3, -0.25) is 19.1 Å². The number of likely N-dealkylation sites (N-methyl/N-ethyl adjacent to an activating group) is 1. The van der Waals surface area contributed by atoms with E-state index in [1.165, 1.54) is 36.4 Å². The van der Waals surface area contributed by atoms with Crippen LogP contribution in [0.15, 0.2) is 47.8 Å². The second-order valence-electron chi connectivity index (χ2n) is 12.7. The number of ether oxygens (including phenoxy) is 1. The first-order valence-electron chi connectivity index (χ1n) is 15.9. The van der Waals surface area contributed by atoms with Crippen LogP contribution in [0.1, 0.15) is 56.3 Å². The van der Waals surface area contributed by atoms with Gasteiger partial charge in [0.15, 0.2) is 11.3 Å². The van der Waals surface area contributed by atoms with Crippen molar-refractivity contribution < 1.29 is 27.1 Å². The lowest BCUT2D eigenvalue weighted by Crippen LogP contribution is -2.46. The summed E-state index contributed by atoms with van der Waals surface area (Å²) in [6.07, 6.45) is -1.75. The van der Waals surface area contributed by atoms with Gasteiger partial charge in [-0.25, -0.2) is 14.4 Å². The van der Waals surface area contributed by atoms with Crippen LogP contribution in [0, 0.1) is 18.3 Å². The van der Waals surface area contributed by atoms with Gasteiger partial charge in [0.2, 0.25) is 5.88 Å². The number of fused-ring (bicyclic) bond motifs is 3. The maximum Gasteiger partial charge on any atom is 0.431 e. The Morgan fingerprint density at radius 1 is 1.24 bits per heavy atom. The van der Waals surface area contributed by atoms with E-state index in [0.29, 0.717) is 4.57 Å². The molecule has 6 rings (SSSR count). The number of amides is 1. The van der Waals surface area contributed by atoms with Crippen LogP contribution < -0.4 is 10.3 Å². The molecule has 4 atom stereocenters. The van der Waals surface area contributed by atoms with E-state index in [4.69, 9.17) is 16.3 Å². The SMILES string of the molecule is C=C(F)C(=O)N1CC[C@H](n2cnc3c(O[C@@H](C)[C@@H]4CCCN4C)nc4c(=O)n(-c5cccc(Cl)c5C)c(C(F)(F)F)cc4c32)C[C@H]1CC#N. The number of hydrogen-bond acceptors (Lipinski definition) is 7. The Morgan fingerprint density at radius 2 is 2.00 bits per heavy atom. The second kappa shape index (κ2) is 13.1. The molecule has 10 nitrogen and oxygen atoms in total. The summed E-state index contributed by atoms with van der Waals surface area (Å²) < 4.78 is 67.1. The first-order valence-corrected chi connectivity index (χ1v) is 16.3. The van der Waals surface area contributed by atoms with Crippen molar-refractivity contribution in [3.63, 3.8) is 0 Å². The van der Waals surface area contributed by atoms with Crippen LogP contribution in [0.4, 0.5) is 17.6 Å². The van der Waals surface area contributed by atoms with Crippen LogP contribution >= 0.6 is 11.6 Å². The van der Waals surface area contributed by atoms with Crippen molar-refractivity contribution >= 4 is 39.4 Å². The molecule has 0 spiro atoms. The van der Waals surface area contributed by atoms with Crippen molar-refractivity contribution in [2.24, 2.45) is 0 Å². The maximum atomic E-state index is 14.9. The van der Waals surface area contributed by atoms with Crippen molar-refractivity contribution in [3.05, 3.63) is 69.6 Å². The average molecular weight is 700 g/mol. The summed E-state index contributed by atoms with van der Waals surface area (Å²) in [5.41, 5.74) is -1.93. The van der Waals surface area contributed by atoms with E-state index in [1.54, 1.807) is 4.57 Å². The largest absolute Gasteiger partial charge is 0.471 e. The molecule has 2 aliphatic heterocycles. The van der Waals surface area contributed by atoms with Gasteiger partial charge in [0.05, 0.1) is 30.0 Å². The number of rotatable bonds is 7. The molecule has 0 radical (unpaired) electrons. The minimum absolute atomic E-state index is 0.00445. The molecule has 1 aromatic carbocycles. The third-order valence-electron chi connectivity index (χ3n) is 9.74. The highest BCUT2D eigenvalue weighted by atomic mass is 35.5. The van der Waals surface area contributed by atoms with Gasteiger partial charge >= 0.3 is 6.18 Å². The molecule has 2 saturated heterocycles. The molecule has 0 N–H and O–H groups in total. The van der Waals surface area contributed by atoms with Crippen molar-refractivity contribution in [2.45, 2.75) is 76.4 Å². The number of nitriles is 1. The van der Waals surface area contributed by atoms with Crippen molar-refractivity contribution in [1.82, 2.24) is 28.9 Å². The zero-order chi connectivity index (χ0) is 35.4. The Labute approximate surface area is 284 Å². The first-order chi connectivity index (χ1) is 23.2. The molecule has 3 aromatic heterocycles. The van der Waals surface area contributed by atoms with E-state index < -0.39 is 47.4 Å². The third kappa shape index (κ3) is 6.14. The van der Waals surface area contributed by atoms with E-state index in [-0.39, 0.29) is 75.9 Å². The lowest BCUT2D eigenvalue weighted by atomic mass is 9.94. The fourth-order valence-electron chi connectivity index (χ4n) is 7.26. The molecule has 2 aliphatic rings. The number of likely N-dealkylation sites (tertiary alicyclic amines) is 2. The normalized spacial score (nSPS) is 20.9. The Balaban J connectivity index is 1.60. The monoisotopic (exact) mass is 699 g/mol. The van der Waals surface area contributed by atoms with Gasteiger partial charge in [-0.15, -0.1) is 0 Å². The Hall–Kier alpha value is -4.48. The summed E-state index contributed by atoms with van der Waals surface area (Å²) in [4.78, 5) is 39.4. The summed E-state index contributed by atoms with van der Waals surface area (Å²) in [6.45, 7) is 7.44. The number of piperidine rings is 1. The molecular weight excluding hydrogens is 666 g/mol. The minimum atomic E-state index is -4.96. The summed E-state index contributed by atoms with van der Waals surface area (Å²) in [6, 6.07) is 6.15. The quantitative estimate of drug-likeness (QED) is 0.160. The van der Waals surface area contributed by atoms with Crippen molar-refractivity contribution in [2.75, 3.05) is 20.1 Å². The highest BCUT2D eigenvalue weighted by Gasteiger charge is 2.39. The first kappa shape index (κ1) is 34.4. The molecule has 4 aromatic rings. The number of alkyl halides is 3. The maximum absolute atomic E-state index is 14.9. The summed E-state index contributed by atoms with van der Waals surface area (Å²) in [5.74, 6) is -2.08. The molecule has 0 saturated carbocycles. The number of aromatic nitrogens is 4. The lowest BCUT2D eigenvalue weighted by Gasteiger charge is -2.38. The zero-order valence-electron chi connectivity index (χ0n) is 27.1. The molecule has 2 fully saturated rings. The summed E-state index contributed by atoms with van der Waals surface area (Å²) in [5, 5.41) is 9.60. The standard InChI is InChI=1S/C34H34ClF4N7O3/c1-18-24(35)7-5-8-25(18)46-27(34(37,38)39)16-23-28(33(46)48)42-31(49-20(3)26-9-6-13-43(26)4)29-30(23)45(17-41-29)22-11-14-44(32(47)19(2)36)21(15-22)10-12-40/h5,7-8,16-17,20-22,26H,2,6,9-11,13-15H2,1,3-4H3/t20-,21+,22-,26-/m0/s1. The number of benzene rings is 1. The predicted molar refractivity (Wildman–Crippen MR) is 175 cm³/mol. The smallest absolute Gasteiger partial charge is 0.431 e. The molecule has 0 aliphatic carbocycles. The van der Waals surface area contributed by atoms with Crippen molar-refractivity contribution in [3.8, 4) is 17.6 Å². The van der Waals surface area contributed by atoms with E-state index in [1.807, 2.05) is 20.0 Å². The number of imidazole rings is 1. The van der Waals surface area contributed by atoms with Crippen LogP contribution in [-0.2, 0) is 11.0 Å². The van der Waals surface area contributed by atoms with Gasteiger partial charge in [-0.2, -0.15) is 18.4 Å². The lowest BCUT2D eigenvalue weighted by molar-refractivity contribution is -0.142. The van der Waals surface area contributed by atoms with Gasteiger partial charge in [0, 0.05) is 35.1 Å². The highest BCUT2D eigenvalue weighted by Crippen LogP contribution is 2.40. The highest BCUT2D eigenvalue weighted by molar-refractivity contribution is 6.31.